The van der Waals surface area contributed by atoms with Crippen LogP contribution in [0.15, 0.2) is 42.6 Å². The molecule has 7 nitrogen and oxygen atoms in total. The van der Waals surface area contributed by atoms with Gasteiger partial charge in [-0.25, -0.2) is 0 Å². The summed E-state index contributed by atoms with van der Waals surface area (Å²) in [6, 6.07) is 9.24. The Hall–Kier alpha value is -3.45. The van der Waals surface area contributed by atoms with Gasteiger partial charge in [-0.15, -0.1) is 0 Å². The SMILES string of the molecule is CCc1cc(C(=O)NCc2c(C)ncc3c2CCN(C(=O)/C=C/c2ccccc2Cl)C3)n(C)n1. The Bertz CT molecular complexity index is 1260. The summed E-state index contributed by atoms with van der Waals surface area (Å²) in [6.07, 6.45) is 6.63. The number of nitrogens with zero attached hydrogens (tertiary/aromatic N) is 4. The summed E-state index contributed by atoms with van der Waals surface area (Å²) in [4.78, 5) is 31.9. The molecule has 0 unspecified atom stereocenters. The molecule has 0 saturated carbocycles. The van der Waals surface area contributed by atoms with Crippen LogP contribution in [-0.4, -0.2) is 38.0 Å². The standard InChI is InChI=1S/C26H28ClN5O2/c1-4-20-13-24(31(3)30-20)26(34)29-15-22-17(2)28-14-19-16-32(12-11-21(19)22)25(33)10-9-18-7-5-6-8-23(18)27/h5-10,13-14H,4,11-12,15-16H2,1-3H3,(H,29,34)/b10-9+. The molecule has 1 aliphatic heterocycles. The predicted octanol–water partition coefficient (Wildman–Crippen LogP) is 3.87. The van der Waals surface area contributed by atoms with Gasteiger partial charge in [-0.05, 0) is 60.2 Å². The number of benzene rings is 1. The van der Waals surface area contributed by atoms with Crippen molar-refractivity contribution in [3.8, 4) is 0 Å². The minimum Gasteiger partial charge on any atom is -0.347 e. The maximum absolute atomic E-state index is 12.8. The quantitative estimate of drug-likeness (QED) is 0.546. The van der Waals surface area contributed by atoms with Crippen molar-refractivity contribution in [3.05, 3.63) is 87.0 Å². The van der Waals surface area contributed by atoms with Crippen LogP contribution >= 0.6 is 11.6 Å². The number of nitrogens with one attached hydrogen (secondary N) is 1. The Morgan fingerprint density at radius 2 is 2.06 bits per heavy atom. The van der Waals surface area contributed by atoms with E-state index in [4.69, 9.17) is 11.6 Å². The molecule has 1 aromatic carbocycles. The third-order valence-corrected chi connectivity index (χ3v) is 6.51. The Morgan fingerprint density at radius 3 is 2.79 bits per heavy atom. The number of aromatic nitrogens is 3. The number of fused-ring (bicyclic) bond motifs is 1. The normalized spacial score (nSPS) is 13.2. The Kier molecular flexibility index (Phi) is 7.12. The van der Waals surface area contributed by atoms with E-state index in [0.29, 0.717) is 36.8 Å². The van der Waals surface area contributed by atoms with Crippen molar-refractivity contribution >= 4 is 29.5 Å². The van der Waals surface area contributed by atoms with Crippen molar-refractivity contribution in [3.63, 3.8) is 0 Å². The van der Waals surface area contributed by atoms with E-state index >= 15 is 0 Å². The smallest absolute Gasteiger partial charge is 0.269 e. The Labute approximate surface area is 204 Å². The molecule has 3 aromatic rings. The van der Waals surface area contributed by atoms with Crippen LogP contribution in [-0.2, 0) is 37.8 Å². The lowest BCUT2D eigenvalue weighted by atomic mass is 9.94. The van der Waals surface area contributed by atoms with E-state index in [1.54, 1.807) is 34.8 Å². The number of hydrogen-bond donors (Lipinski definition) is 1. The van der Waals surface area contributed by atoms with Gasteiger partial charge in [0.25, 0.3) is 5.91 Å². The second-order valence-corrected chi connectivity index (χ2v) is 8.78. The first kappa shape index (κ1) is 23.7. The van der Waals surface area contributed by atoms with Gasteiger partial charge in [0.05, 0.1) is 5.69 Å². The first-order valence-electron chi connectivity index (χ1n) is 11.4. The molecule has 0 saturated heterocycles. The summed E-state index contributed by atoms with van der Waals surface area (Å²) in [5.41, 5.74) is 6.30. The van der Waals surface area contributed by atoms with Crippen molar-refractivity contribution in [2.24, 2.45) is 7.05 Å². The van der Waals surface area contributed by atoms with E-state index in [-0.39, 0.29) is 11.8 Å². The zero-order valence-corrected chi connectivity index (χ0v) is 20.4. The molecule has 3 heterocycles. The molecular weight excluding hydrogens is 450 g/mol. The van der Waals surface area contributed by atoms with Gasteiger partial charge >= 0.3 is 0 Å². The van der Waals surface area contributed by atoms with Gasteiger partial charge < -0.3 is 10.2 Å². The fourth-order valence-electron chi connectivity index (χ4n) is 4.19. The molecule has 0 radical (unpaired) electrons. The largest absolute Gasteiger partial charge is 0.347 e. The van der Waals surface area contributed by atoms with Gasteiger partial charge in [0.2, 0.25) is 5.91 Å². The lowest BCUT2D eigenvalue weighted by Gasteiger charge is -2.30. The zero-order chi connectivity index (χ0) is 24.2. The van der Waals surface area contributed by atoms with E-state index in [1.807, 2.05) is 44.3 Å². The molecule has 0 spiro atoms. The van der Waals surface area contributed by atoms with Crippen molar-refractivity contribution in [2.45, 2.75) is 39.8 Å². The van der Waals surface area contributed by atoms with Crippen LogP contribution in [0.4, 0.5) is 0 Å². The third-order valence-electron chi connectivity index (χ3n) is 6.17. The first-order chi connectivity index (χ1) is 16.4. The molecule has 34 heavy (non-hydrogen) atoms. The number of halogens is 1. The number of hydrogen-bond acceptors (Lipinski definition) is 4. The van der Waals surface area contributed by atoms with Gasteiger partial charge in [0.15, 0.2) is 0 Å². The van der Waals surface area contributed by atoms with Crippen LogP contribution in [0.1, 0.15) is 51.1 Å². The van der Waals surface area contributed by atoms with E-state index in [9.17, 15) is 9.59 Å². The summed E-state index contributed by atoms with van der Waals surface area (Å²) in [6.45, 7) is 5.43. The highest BCUT2D eigenvalue weighted by atomic mass is 35.5. The molecule has 2 amide bonds. The van der Waals surface area contributed by atoms with Crippen LogP contribution in [0.5, 0.6) is 0 Å². The Balaban J connectivity index is 1.45. The monoisotopic (exact) mass is 477 g/mol. The average molecular weight is 478 g/mol. The topological polar surface area (TPSA) is 80.1 Å². The van der Waals surface area contributed by atoms with Crippen molar-refractivity contribution in [2.75, 3.05) is 6.54 Å². The van der Waals surface area contributed by atoms with Gasteiger partial charge in [-0.2, -0.15) is 5.10 Å². The first-order valence-corrected chi connectivity index (χ1v) is 11.7. The number of aryl methyl sites for hydroxylation is 3. The van der Waals surface area contributed by atoms with Crippen molar-refractivity contribution in [1.82, 2.24) is 25.0 Å². The van der Waals surface area contributed by atoms with E-state index in [1.165, 1.54) is 0 Å². The van der Waals surface area contributed by atoms with Gasteiger partial charge in [0, 0.05) is 49.7 Å². The summed E-state index contributed by atoms with van der Waals surface area (Å²) in [5.74, 6) is -0.229. The molecule has 0 fully saturated rings. The van der Waals surface area contributed by atoms with Gasteiger partial charge in [-0.1, -0.05) is 36.7 Å². The molecule has 8 heteroatoms. The Morgan fingerprint density at radius 1 is 1.26 bits per heavy atom. The third kappa shape index (κ3) is 5.04. The van der Waals surface area contributed by atoms with Gasteiger partial charge in [-0.3, -0.25) is 19.3 Å². The second kappa shape index (κ2) is 10.2. The maximum atomic E-state index is 12.8. The number of amides is 2. The van der Waals surface area contributed by atoms with Crippen LogP contribution in [0.3, 0.4) is 0 Å². The molecule has 1 N–H and O–H groups in total. The second-order valence-electron chi connectivity index (χ2n) is 8.37. The van der Waals surface area contributed by atoms with E-state index < -0.39 is 0 Å². The summed E-state index contributed by atoms with van der Waals surface area (Å²) in [7, 11) is 1.77. The average Bonchev–Trinajstić information content (AvgIpc) is 3.23. The summed E-state index contributed by atoms with van der Waals surface area (Å²) >= 11 is 6.18. The summed E-state index contributed by atoms with van der Waals surface area (Å²) < 4.78 is 1.61. The molecule has 1 aliphatic rings. The van der Waals surface area contributed by atoms with Gasteiger partial charge in [0.1, 0.15) is 5.69 Å². The van der Waals surface area contributed by atoms with Crippen LogP contribution in [0.25, 0.3) is 6.08 Å². The fraction of sp³-hybridized carbons (Fsp3) is 0.308. The molecule has 4 rings (SSSR count). The lowest BCUT2D eigenvalue weighted by Crippen LogP contribution is -2.36. The number of carbonyl (C=O) groups excluding carboxylic acids is 2. The van der Waals surface area contributed by atoms with E-state index in [2.05, 4.69) is 15.4 Å². The fourth-order valence-corrected chi connectivity index (χ4v) is 4.39. The highest BCUT2D eigenvalue weighted by molar-refractivity contribution is 6.32. The molecule has 0 bridgehead atoms. The molecule has 176 valence electrons. The highest BCUT2D eigenvalue weighted by Gasteiger charge is 2.23. The lowest BCUT2D eigenvalue weighted by molar-refractivity contribution is -0.126. The molecule has 2 aromatic heterocycles. The van der Waals surface area contributed by atoms with E-state index in [0.717, 1.165) is 40.1 Å². The van der Waals surface area contributed by atoms with Crippen LogP contribution in [0, 0.1) is 6.92 Å². The molecule has 0 aliphatic carbocycles. The number of rotatable bonds is 6. The molecular formula is C26H28ClN5O2. The highest BCUT2D eigenvalue weighted by Crippen LogP contribution is 2.25. The van der Waals surface area contributed by atoms with Crippen molar-refractivity contribution < 1.29 is 9.59 Å². The number of carbonyl (C=O) groups is 2. The van der Waals surface area contributed by atoms with Crippen LogP contribution in [0.2, 0.25) is 5.02 Å². The maximum Gasteiger partial charge on any atom is 0.269 e. The zero-order valence-electron chi connectivity index (χ0n) is 19.6. The molecule has 0 atom stereocenters. The summed E-state index contributed by atoms with van der Waals surface area (Å²) in [5, 5.41) is 7.98. The predicted molar refractivity (Wildman–Crippen MR) is 132 cm³/mol. The minimum absolute atomic E-state index is 0.0658. The van der Waals surface area contributed by atoms with Crippen LogP contribution < -0.4 is 5.32 Å². The van der Waals surface area contributed by atoms with Crippen molar-refractivity contribution in [1.29, 1.82) is 0 Å². The number of pyridine rings is 1. The minimum atomic E-state index is -0.163.